The Morgan fingerprint density at radius 3 is 2.58 bits per heavy atom. The van der Waals surface area contributed by atoms with Crippen LogP contribution in [-0.4, -0.2) is 77.2 Å². The van der Waals surface area contributed by atoms with Crippen LogP contribution in [0.5, 0.6) is 0 Å². The number of fused-ring (bicyclic) bond motifs is 1. The molecule has 1 atom stereocenters. The molecule has 3 aromatic rings. The number of hydrogen-bond acceptors (Lipinski definition) is 7. The number of rotatable bonds is 6. The highest BCUT2D eigenvalue weighted by Gasteiger charge is 2.62. The summed E-state index contributed by atoms with van der Waals surface area (Å²) in [5, 5.41) is 5.87. The van der Waals surface area contributed by atoms with Crippen LogP contribution in [0.15, 0.2) is 30.5 Å². The summed E-state index contributed by atoms with van der Waals surface area (Å²) < 4.78 is 12.8. The maximum absolute atomic E-state index is 5.39. The summed E-state index contributed by atoms with van der Waals surface area (Å²) in [6.45, 7) is 6.09. The number of ether oxygens (including phenoxy) is 2. The van der Waals surface area contributed by atoms with E-state index in [9.17, 15) is 0 Å². The van der Waals surface area contributed by atoms with Crippen molar-refractivity contribution in [1.29, 1.82) is 0 Å². The Morgan fingerprint density at radius 2 is 1.88 bits per heavy atom. The summed E-state index contributed by atoms with van der Waals surface area (Å²) >= 11 is 0. The van der Waals surface area contributed by atoms with Gasteiger partial charge in [-0.25, -0.2) is 14.6 Å². The fraction of sp³-hybridized carbons (Fsp3) is 0.560. The maximum atomic E-state index is 5.39. The van der Waals surface area contributed by atoms with Crippen molar-refractivity contribution in [3.63, 3.8) is 0 Å². The number of anilines is 1. The van der Waals surface area contributed by atoms with E-state index < -0.39 is 0 Å². The topological polar surface area (TPSA) is 68.5 Å². The first-order chi connectivity index (χ1) is 16.2. The molecule has 0 radical (unpaired) electrons. The zero-order valence-corrected chi connectivity index (χ0v) is 19.1. The van der Waals surface area contributed by atoms with Gasteiger partial charge in [-0.15, -0.1) is 0 Å². The molecule has 0 amide bonds. The molecule has 2 aliphatic heterocycles. The highest BCUT2D eigenvalue weighted by molar-refractivity contribution is 5.81. The molecule has 1 aromatic carbocycles. The van der Waals surface area contributed by atoms with Crippen LogP contribution in [0.2, 0.25) is 0 Å². The van der Waals surface area contributed by atoms with Crippen molar-refractivity contribution >= 4 is 16.7 Å². The van der Waals surface area contributed by atoms with E-state index in [1.54, 1.807) is 7.11 Å². The van der Waals surface area contributed by atoms with Crippen LogP contribution in [0, 0.1) is 5.41 Å². The van der Waals surface area contributed by atoms with E-state index in [1.807, 2.05) is 10.9 Å². The SMILES string of the molecule is COCc1nc(N2CCN(C3COC3)CC2)cc(-n2ncc3ccc([C@@H]4CC45CC5)cc32)n1. The molecule has 0 N–H and O–H groups in total. The quantitative estimate of drug-likeness (QED) is 0.577. The van der Waals surface area contributed by atoms with Gasteiger partial charge in [0.2, 0.25) is 0 Å². The molecule has 2 aliphatic carbocycles. The van der Waals surface area contributed by atoms with Crippen molar-refractivity contribution in [2.45, 2.75) is 37.8 Å². The van der Waals surface area contributed by atoms with Crippen LogP contribution in [0.25, 0.3) is 16.7 Å². The van der Waals surface area contributed by atoms with Gasteiger partial charge in [0.15, 0.2) is 11.6 Å². The third-order valence-electron chi connectivity index (χ3n) is 8.09. The second kappa shape index (κ2) is 7.48. The standard InChI is InChI=1S/C25H30N6O2/c1-32-16-22-27-23(30-8-6-29(7-9-30)19-14-33-15-19)11-24(28-22)31-21-10-17(2-3-18(21)13-26-31)20-12-25(20)4-5-25/h2-3,10-11,13,19-20H,4-9,12,14-16H2,1H3/t20-/m0/s1. The van der Waals surface area contributed by atoms with Gasteiger partial charge in [0.25, 0.3) is 0 Å². The first-order valence-electron chi connectivity index (χ1n) is 12.1. The van der Waals surface area contributed by atoms with Crippen molar-refractivity contribution in [2.24, 2.45) is 5.41 Å². The van der Waals surface area contributed by atoms with Crippen molar-refractivity contribution in [3.8, 4) is 5.82 Å². The number of methoxy groups -OCH3 is 1. The molecule has 172 valence electrons. The summed E-state index contributed by atoms with van der Waals surface area (Å²) in [6, 6.07) is 9.50. The van der Waals surface area contributed by atoms with Gasteiger partial charge in [-0.05, 0) is 42.2 Å². The molecule has 33 heavy (non-hydrogen) atoms. The maximum Gasteiger partial charge on any atom is 0.159 e. The molecule has 4 heterocycles. The molecular formula is C25H30N6O2. The van der Waals surface area contributed by atoms with Crippen LogP contribution >= 0.6 is 0 Å². The summed E-state index contributed by atoms with van der Waals surface area (Å²) in [4.78, 5) is 14.5. The molecule has 1 spiro atoms. The van der Waals surface area contributed by atoms with Crippen LogP contribution in [-0.2, 0) is 16.1 Å². The Balaban J connectivity index is 1.21. The minimum Gasteiger partial charge on any atom is -0.378 e. The molecule has 4 aliphatic rings. The van der Waals surface area contributed by atoms with Crippen LogP contribution in [0.3, 0.4) is 0 Å². The largest absolute Gasteiger partial charge is 0.378 e. The molecular weight excluding hydrogens is 416 g/mol. The van der Waals surface area contributed by atoms with Crippen molar-refractivity contribution in [3.05, 3.63) is 41.9 Å². The molecule has 2 saturated heterocycles. The fourth-order valence-electron chi connectivity index (χ4n) is 5.65. The molecule has 8 heteroatoms. The van der Waals surface area contributed by atoms with Crippen LogP contribution in [0.1, 0.15) is 36.6 Å². The zero-order chi connectivity index (χ0) is 22.0. The Hall–Kier alpha value is -2.55. The summed E-state index contributed by atoms with van der Waals surface area (Å²) in [5.74, 6) is 3.19. The molecule has 0 bridgehead atoms. The number of benzene rings is 1. The van der Waals surface area contributed by atoms with E-state index in [0.717, 1.165) is 67.8 Å². The van der Waals surface area contributed by atoms with E-state index in [1.165, 1.54) is 24.8 Å². The molecule has 4 fully saturated rings. The summed E-state index contributed by atoms with van der Waals surface area (Å²) in [6.07, 6.45) is 6.08. The summed E-state index contributed by atoms with van der Waals surface area (Å²) in [5.41, 5.74) is 3.21. The Bertz CT molecular complexity index is 1190. The van der Waals surface area contributed by atoms with E-state index >= 15 is 0 Å². The number of piperazine rings is 1. The van der Waals surface area contributed by atoms with E-state index in [2.05, 4.69) is 34.1 Å². The Labute approximate surface area is 193 Å². The van der Waals surface area contributed by atoms with Crippen LogP contribution in [0.4, 0.5) is 5.82 Å². The lowest BCUT2D eigenvalue weighted by Crippen LogP contribution is -2.56. The Morgan fingerprint density at radius 1 is 1.06 bits per heavy atom. The minimum atomic E-state index is 0.384. The van der Waals surface area contributed by atoms with Gasteiger partial charge in [0.1, 0.15) is 12.4 Å². The highest BCUT2D eigenvalue weighted by atomic mass is 16.5. The van der Waals surface area contributed by atoms with Crippen LogP contribution < -0.4 is 4.90 Å². The average Bonchev–Trinajstić information content (AvgIpc) is 3.70. The average molecular weight is 447 g/mol. The van der Waals surface area contributed by atoms with Gasteiger partial charge in [-0.1, -0.05) is 12.1 Å². The lowest BCUT2D eigenvalue weighted by Gasteiger charge is -2.42. The molecule has 2 aromatic heterocycles. The number of nitrogens with zero attached hydrogens (tertiary/aromatic N) is 6. The molecule has 7 rings (SSSR count). The van der Waals surface area contributed by atoms with Crippen molar-refractivity contribution in [2.75, 3.05) is 51.4 Å². The van der Waals surface area contributed by atoms with Gasteiger partial charge in [0, 0.05) is 44.7 Å². The number of hydrogen-bond donors (Lipinski definition) is 0. The minimum absolute atomic E-state index is 0.384. The second-order valence-electron chi connectivity index (χ2n) is 10.1. The van der Waals surface area contributed by atoms with E-state index in [0.29, 0.717) is 23.9 Å². The lowest BCUT2D eigenvalue weighted by molar-refractivity contribution is -0.0661. The third-order valence-corrected chi connectivity index (χ3v) is 8.09. The van der Waals surface area contributed by atoms with E-state index in [-0.39, 0.29) is 0 Å². The van der Waals surface area contributed by atoms with Gasteiger partial charge in [0.05, 0.1) is 31.0 Å². The van der Waals surface area contributed by atoms with Gasteiger partial charge in [-0.2, -0.15) is 5.10 Å². The monoisotopic (exact) mass is 446 g/mol. The molecule has 0 unspecified atom stereocenters. The fourth-order valence-corrected chi connectivity index (χ4v) is 5.65. The van der Waals surface area contributed by atoms with E-state index in [4.69, 9.17) is 24.5 Å². The predicted molar refractivity (Wildman–Crippen MR) is 125 cm³/mol. The molecule has 8 nitrogen and oxygen atoms in total. The predicted octanol–water partition coefficient (Wildman–Crippen LogP) is 2.75. The lowest BCUT2D eigenvalue weighted by atomic mass is 10.1. The smallest absolute Gasteiger partial charge is 0.159 e. The third kappa shape index (κ3) is 3.43. The van der Waals surface area contributed by atoms with Gasteiger partial charge in [-0.3, -0.25) is 4.90 Å². The van der Waals surface area contributed by atoms with Crippen molar-refractivity contribution < 1.29 is 9.47 Å². The molecule has 2 saturated carbocycles. The second-order valence-corrected chi connectivity index (χ2v) is 10.1. The Kier molecular flexibility index (Phi) is 4.51. The zero-order valence-electron chi connectivity index (χ0n) is 19.1. The van der Waals surface area contributed by atoms with Gasteiger partial charge < -0.3 is 14.4 Å². The first-order valence-corrected chi connectivity index (χ1v) is 12.1. The normalized spacial score (nSPS) is 24.4. The van der Waals surface area contributed by atoms with Gasteiger partial charge >= 0.3 is 0 Å². The first kappa shape index (κ1) is 19.9. The number of aromatic nitrogens is 4. The highest BCUT2D eigenvalue weighted by Crippen LogP contribution is 2.75. The van der Waals surface area contributed by atoms with Crippen molar-refractivity contribution in [1.82, 2.24) is 24.6 Å². The summed E-state index contributed by atoms with van der Waals surface area (Å²) in [7, 11) is 1.69.